The first-order valence-corrected chi connectivity index (χ1v) is 10.0. The van der Waals surface area contributed by atoms with E-state index in [4.69, 9.17) is 4.98 Å². The SMILES string of the molecule is Cc1c(C)n2c3c(=O)n(CCC(C)C)c(=O)n(C)c3nc2n1C1CCCC1. The van der Waals surface area contributed by atoms with E-state index in [-0.39, 0.29) is 11.2 Å². The minimum atomic E-state index is -0.282. The lowest BCUT2D eigenvalue weighted by molar-refractivity contribution is 0.488. The van der Waals surface area contributed by atoms with Crippen LogP contribution in [0.15, 0.2) is 9.59 Å². The first-order valence-electron chi connectivity index (χ1n) is 10.0. The van der Waals surface area contributed by atoms with Gasteiger partial charge in [0.25, 0.3) is 5.56 Å². The van der Waals surface area contributed by atoms with Crippen LogP contribution in [-0.2, 0) is 13.6 Å². The van der Waals surface area contributed by atoms with Crippen LogP contribution in [0.4, 0.5) is 0 Å². The van der Waals surface area contributed by atoms with Crippen molar-refractivity contribution in [3.05, 3.63) is 32.2 Å². The number of hydrogen-bond acceptors (Lipinski definition) is 3. The minimum absolute atomic E-state index is 0.229. The van der Waals surface area contributed by atoms with Crippen LogP contribution in [-0.4, -0.2) is 23.1 Å². The lowest BCUT2D eigenvalue weighted by atomic mass is 10.1. The molecule has 7 nitrogen and oxygen atoms in total. The molecule has 4 rings (SSSR count). The molecule has 0 amide bonds. The molecule has 27 heavy (non-hydrogen) atoms. The van der Waals surface area contributed by atoms with E-state index in [0.717, 1.165) is 36.4 Å². The molecule has 0 spiro atoms. The van der Waals surface area contributed by atoms with Gasteiger partial charge in [-0.1, -0.05) is 26.7 Å². The molecule has 146 valence electrons. The average Bonchev–Trinajstić information content (AvgIpc) is 3.31. The van der Waals surface area contributed by atoms with Crippen molar-refractivity contribution >= 4 is 16.9 Å². The summed E-state index contributed by atoms with van der Waals surface area (Å²) in [6.45, 7) is 8.78. The third-order valence-electron chi connectivity index (χ3n) is 6.18. The van der Waals surface area contributed by atoms with E-state index in [9.17, 15) is 9.59 Å². The number of fused-ring (bicyclic) bond motifs is 3. The van der Waals surface area contributed by atoms with Gasteiger partial charge in [-0.3, -0.25) is 18.3 Å². The maximum absolute atomic E-state index is 13.3. The van der Waals surface area contributed by atoms with Crippen molar-refractivity contribution in [2.75, 3.05) is 0 Å². The van der Waals surface area contributed by atoms with E-state index < -0.39 is 0 Å². The van der Waals surface area contributed by atoms with E-state index >= 15 is 0 Å². The Morgan fingerprint density at radius 3 is 2.41 bits per heavy atom. The van der Waals surface area contributed by atoms with Crippen LogP contribution in [0.1, 0.15) is 63.4 Å². The molecule has 0 atom stereocenters. The molecule has 3 heterocycles. The van der Waals surface area contributed by atoms with Crippen molar-refractivity contribution in [2.45, 2.75) is 72.4 Å². The van der Waals surface area contributed by atoms with E-state index in [1.54, 1.807) is 7.05 Å². The first kappa shape index (κ1) is 18.1. The summed E-state index contributed by atoms with van der Waals surface area (Å²) in [6.07, 6.45) is 5.54. The van der Waals surface area contributed by atoms with Gasteiger partial charge in [-0.2, -0.15) is 4.98 Å². The van der Waals surface area contributed by atoms with Crippen LogP contribution < -0.4 is 11.2 Å². The highest BCUT2D eigenvalue weighted by atomic mass is 16.2. The van der Waals surface area contributed by atoms with Crippen molar-refractivity contribution in [1.29, 1.82) is 0 Å². The monoisotopic (exact) mass is 371 g/mol. The fraction of sp³-hybridized carbons (Fsp3) is 0.650. The molecule has 0 N–H and O–H groups in total. The van der Waals surface area contributed by atoms with Crippen molar-refractivity contribution in [1.82, 2.24) is 23.1 Å². The van der Waals surface area contributed by atoms with E-state index in [0.29, 0.717) is 29.7 Å². The zero-order valence-electron chi connectivity index (χ0n) is 16.9. The summed E-state index contributed by atoms with van der Waals surface area (Å²) in [4.78, 5) is 30.8. The summed E-state index contributed by atoms with van der Waals surface area (Å²) in [5, 5.41) is 0. The zero-order chi connectivity index (χ0) is 19.5. The largest absolute Gasteiger partial charge is 0.332 e. The third-order valence-corrected chi connectivity index (χ3v) is 6.18. The molecular weight excluding hydrogens is 342 g/mol. The summed E-state index contributed by atoms with van der Waals surface area (Å²) >= 11 is 0. The fourth-order valence-corrected chi connectivity index (χ4v) is 4.46. The molecule has 0 aliphatic heterocycles. The Balaban J connectivity index is 2.05. The number of aryl methyl sites for hydroxylation is 2. The van der Waals surface area contributed by atoms with Gasteiger partial charge in [0.2, 0.25) is 5.78 Å². The molecule has 1 saturated carbocycles. The van der Waals surface area contributed by atoms with E-state index in [2.05, 4.69) is 25.3 Å². The quantitative estimate of drug-likeness (QED) is 0.708. The first-order chi connectivity index (χ1) is 12.8. The third kappa shape index (κ3) is 2.58. The summed E-state index contributed by atoms with van der Waals surface area (Å²) in [6, 6.07) is 0.429. The van der Waals surface area contributed by atoms with Gasteiger partial charge >= 0.3 is 5.69 Å². The molecule has 3 aromatic heterocycles. The van der Waals surface area contributed by atoms with Gasteiger partial charge in [0.1, 0.15) is 0 Å². The Hall–Kier alpha value is -2.31. The van der Waals surface area contributed by atoms with Gasteiger partial charge in [0.15, 0.2) is 11.2 Å². The Labute approximate surface area is 158 Å². The molecule has 1 aliphatic rings. The summed E-state index contributed by atoms with van der Waals surface area (Å²) in [5.41, 5.74) is 2.69. The Morgan fingerprint density at radius 2 is 1.78 bits per heavy atom. The second kappa shape index (κ2) is 6.39. The maximum Gasteiger partial charge on any atom is 0.332 e. The average molecular weight is 371 g/mol. The molecule has 0 saturated heterocycles. The highest BCUT2D eigenvalue weighted by Gasteiger charge is 2.27. The van der Waals surface area contributed by atoms with Gasteiger partial charge in [-0.05, 0) is 39.0 Å². The lowest BCUT2D eigenvalue weighted by Crippen LogP contribution is -2.39. The Bertz CT molecular complexity index is 1140. The number of imidazole rings is 2. The van der Waals surface area contributed by atoms with Crippen molar-refractivity contribution in [3.63, 3.8) is 0 Å². The topological polar surface area (TPSA) is 66.2 Å². The smallest absolute Gasteiger partial charge is 0.311 e. The number of rotatable bonds is 4. The molecule has 0 radical (unpaired) electrons. The summed E-state index contributed by atoms with van der Waals surface area (Å²) < 4.78 is 7.15. The standard InChI is InChI=1S/C20H29N5O2/c1-12(2)10-11-23-18(26)16-17(22(5)20(23)27)21-19-24(15-8-6-7-9-15)13(3)14(4)25(16)19/h12,15H,6-11H2,1-5H3. The van der Waals surface area contributed by atoms with Crippen molar-refractivity contribution < 1.29 is 0 Å². The van der Waals surface area contributed by atoms with Gasteiger partial charge in [-0.15, -0.1) is 0 Å². The van der Waals surface area contributed by atoms with Gasteiger partial charge in [0, 0.05) is 31.0 Å². The van der Waals surface area contributed by atoms with Crippen LogP contribution in [0.2, 0.25) is 0 Å². The van der Waals surface area contributed by atoms with Gasteiger partial charge in [-0.25, -0.2) is 4.79 Å². The van der Waals surface area contributed by atoms with Gasteiger partial charge < -0.3 is 4.57 Å². The second-order valence-electron chi connectivity index (χ2n) is 8.38. The Kier molecular flexibility index (Phi) is 4.28. The van der Waals surface area contributed by atoms with Gasteiger partial charge in [0.05, 0.1) is 0 Å². The normalized spacial score (nSPS) is 15.8. The summed E-state index contributed by atoms with van der Waals surface area (Å²) in [7, 11) is 1.71. The molecule has 1 aliphatic carbocycles. The minimum Gasteiger partial charge on any atom is -0.311 e. The summed E-state index contributed by atoms with van der Waals surface area (Å²) in [5.74, 6) is 1.22. The van der Waals surface area contributed by atoms with Crippen LogP contribution >= 0.6 is 0 Å². The molecule has 3 aromatic rings. The van der Waals surface area contributed by atoms with Crippen LogP contribution in [0, 0.1) is 19.8 Å². The molecule has 7 heteroatoms. The molecule has 0 unspecified atom stereocenters. The zero-order valence-corrected chi connectivity index (χ0v) is 16.9. The highest BCUT2D eigenvalue weighted by Crippen LogP contribution is 2.34. The molecule has 1 fully saturated rings. The molecule has 0 bridgehead atoms. The van der Waals surface area contributed by atoms with Crippen LogP contribution in [0.25, 0.3) is 16.9 Å². The highest BCUT2D eigenvalue weighted by molar-refractivity contribution is 5.76. The predicted molar refractivity (Wildman–Crippen MR) is 107 cm³/mol. The van der Waals surface area contributed by atoms with E-state index in [1.165, 1.54) is 22.0 Å². The second-order valence-corrected chi connectivity index (χ2v) is 8.38. The van der Waals surface area contributed by atoms with Crippen molar-refractivity contribution in [3.8, 4) is 0 Å². The van der Waals surface area contributed by atoms with E-state index in [1.807, 2.05) is 11.3 Å². The van der Waals surface area contributed by atoms with Crippen LogP contribution in [0.5, 0.6) is 0 Å². The predicted octanol–water partition coefficient (Wildman–Crippen LogP) is 2.93. The molecule has 0 aromatic carbocycles. The fourth-order valence-electron chi connectivity index (χ4n) is 4.46. The van der Waals surface area contributed by atoms with Crippen LogP contribution in [0.3, 0.4) is 0 Å². The number of hydrogen-bond donors (Lipinski definition) is 0. The number of nitrogens with zero attached hydrogens (tertiary/aromatic N) is 5. The maximum atomic E-state index is 13.3. The lowest BCUT2D eigenvalue weighted by Gasteiger charge is -2.13. The van der Waals surface area contributed by atoms with Crippen molar-refractivity contribution in [2.24, 2.45) is 13.0 Å². The Morgan fingerprint density at radius 1 is 1.11 bits per heavy atom. The number of aromatic nitrogens is 5. The molecular formula is C20H29N5O2.